The Labute approximate surface area is 221 Å². The molecule has 1 aromatic rings. The average Bonchev–Trinajstić information content (AvgIpc) is 3.50. The molecular formula is C25H37F2N9O2. The van der Waals surface area contributed by atoms with Crippen molar-refractivity contribution in [3.05, 3.63) is 18.2 Å². The minimum atomic E-state index is -1.06. The van der Waals surface area contributed by atoms with Crippen LogP contribution in [0.1, 0.15) is 25.7 Å². The first kappa shape index (κ1) is 25.8. The Morgan fingerprint density at radius 2 is 1.82 bits per heavy atom. The molecule has 11 nitrogen and oxygen atoms in total. The van der Waals surface area contributed by atoms with Gasteiger partial charge in [-0.1, -0.05) is 0 Å². The predicted molar refractivity (Wildman–Crippen MR) is 137 cm³/mol. The third kappa shape index (κ3) is 4.86. The highest BCUT2D eigenvalue weighted by molar-refractivity contribution is 5.96. The van der Waals surface area contributed by atoms with E-state index in [1.54, 1.807) is 5.01 Å². The van der Waals surface area contributed by atoms with E-state index in [-0.39, 0.29) is 36.3 Å². The molecule has 0 spiro atoms. The Morgan fingerprint density at radius 3 is 2.55 bits per heavy atom. The highest BCUT2D eigenvalue weighted by Crippen LogP contribution is 2.34. The van der Waals surface area contributed by atoms with Gasteiger partial charge in [0.2, 0.25) is 11.8 Å². The minimum absolute atomic E-state index is 0.0704. The molecule has 6 heterocycles. The van der Waals surface area contributed by atoms with E-state index in [0.717, 1.165) is 32.4 Å². The molecule has 208 valence electrons. The van der Waals surface area contributed by atoms with Crippen molar-refractivity contribution in [1.29, 1.82) is 0 Å². The number of nitrogens with one attached hydrogen (secondary N) is 3. The van der Waals surface area contributed by atoms with E-state index < -0.39 is 36.1 Å². The maximum atomic E-state index is 15.1. The second kappa shape index (κ2) is 10.6. The zero-order valence-corrected chi connectivity index (χ0v) is 21.5. The van der Waals surface area contributed by atoms with Gasteiger partial charge in [-0.2, -0.15) is 0 Å². The summed E-state index contributed by atoms with van der Waals surface area (Å²) in [4.78, 5) is 36.6. The molecule has 2 amide bonds. The fourth-order valence-corrected chi connectivity index (χ4v) is 6.62. The van der Waals surface area contributed by atoms with Crippen LogP contribution < -0.4 is 26.7 Å². The molecule has 38 heavy (non-hydrogen) atoms. The molecule has 6 rings (SSSR count). The van der Waals surface area contributed by atoms with E-state index in [1.165, 1.54) is 19.0 Å². The number of hydrogen-bond donors (Lipinski definition) is 4. The standard InChI is InChI=1S/C25H37F2N9O2/c26-16-9-30-23-20(22(28)32-36(23)12-16)24(37)31-19-11-29-10-18(27)21(19)34-7-3-15(4-8-34)25(38)35-13-17(14-35)33-5-1-2-6-33/h10-11,15-17,20,22-23,30,32H,1-9,12-14,28H2,(H,31,37). The quantitative estimate of drug-likeness (QED) is 0.403. The molecule has 13 heteroatoms. The summed E-state index contributed by atoms with van der Waals surface area (Å²) in [6, 6.07) is 0.496. The summed E-state index contributed by atoms with van der Waals surface area (Å²) in [5.41, 5.74) is 9.65. The number of amides is 2. The van der Waals surface area contributed by atoms with Crippen LogP contribution in [-0.2, 0) is 9.59 Å². The first-order valence-corrected chi connectivity index (χ1v) is 13.8. The largest absolute Gasteiger partial charge is 0.367 e. The van der Waals surface area contributed by atoms with Crippen molar-refractivity contribution in [1.82, 2.24) is 30.5 Å². The number of pyridine rings is 1. The smallest absolute Gasteiger partial charge is 0.233 e. The average molecular weight is 534 g/mol. The van der Waals surface area contributed by atoms with Gasteiger partial charge < -0.3 is 20.9 Å². The Bertz CT molecular complexity index is 1040. The molecule has 5 fully saturated rings. The second-order valence-electron chi connectivity index (χ2n) is 11.2. The van der Waals surface area contributed by atoms with Crippen LogP contribution in [0.3, 0.4) is 0 Å². The molecule has 5 aliphatic rings. The SMILES string of the molecule is NC1NN2CC(F)CNC2C1C(=O)Nc1cncc(F)c1N1CCC(C(=O)N2CC(N3CCCC3)C2)CC1. The Balaban J connectivity index is 1.07. The number of aromatic nitrogens is 1. The lowest BCUT2D eigenvalue weighted by atomic mass is 9.92. The van der Waals surface area contributed by atoms with Gasteiger partial charge in [-0.15, -0.1) is 0 Å². The van der Waals surface area contributed by atoms with Crippen molar-refractivity contribution >= 4 is 23.2 Å². The van der Waals surface area contributed by atoms with Gasteiger partial charge >= 0.3 is 0 Å². The summed E-state index contributed by atoms with van der Waals surface area (Å²) >= 11 is 0. The molecule has 5 aliphatic heterocycles. The summed E-state index contributed by atoms with van der Waals surface area (Å²) < 4.78 is 28.8. The highest BCUT2D eigenvalue weighted by Gasteiger charge is 2.47. The maximum absolute atomic E-state index is 15.1. The predicted octanol–water partition coefficient (Wildman–Crippen LogP) is -0.329. The number of carbonyl (C=O) groups is 2. The van der Waals surface area contributed by atoms with Gasteiger partial charge in [0.25, 0.3) is 0 Å². The lowest BCUT2D eigenvalue weighted by molar-refractivity contribution is -0.143. The van der Waals surface area contributed by atoms with Crippen LogP contribution in [0.2, 0.25) is 0 Å². The van der Waals surface area contributed by atoms with E-state index in [4.69, 9.17) is 5.73 Å². The van der Waals surface area contributed by atoms with Crippen molar-refractivity contribution < 1.29 is 18.4 Å². The number of likely N-dealkylation sites (tertiary alicyclic amines) is 2. The van der Waals surface area contributed by atoms with Crippen LogP contribution in [0.4, 0.5) is 20.2 Å². The number of rotatable bonds is 5. The van der Waals surface area contributed by atoms with E-state index in [9.17, 15) is 14.0 Å². The minimum Gasteiger partial charge on any atom is -0.367 e. The van der Waals surface area contributed by atoms with E-state index >= 15 is 4.39 Å². The van der Waals surface area contributed by atoms with E-state index in [0.29, 0.717) is 32.0 Å². The van der Waals surface area contributed by atoms with E-state index in [1.807, 2.05) is 9.80 Å². The number of alkyl halides is 1. The third-order valence-corrected chi connectivity index (χ3v) is 8.75. The maximum Gasteiger partial charge on any atom is 0.233 e. The van der Waals surface area contributed by atoms with Gasteiger partial charge in [-0.25, -0.2) is 19.2 Å². The fraction of sp³-hybridized carbons (Fsp3) is 0.720. The van der Waals surface area contributed by atoms with Crippen LogP contribution in [0, 0.1) is 17.7 Å². The van der Waals surface area contributed by atoms with Gasteiger partial charge in [0.15, 0.2) is 5.82 Å². The van der Waals surface area contributed by atoms with Crippen LogP contribution in [0.25, 0.3) is 0 Å². The van der Waals surface area contributed by atoms with Gasteiger partial charge in [-0.05, 0) is 38.8 Å². The molecule has 4 unspecified atom stereocenters. The number of hydrogen-bond acceptors (Lipinski definition) is 9. The molecule has 0 saturated carbocycles. The van der Waals surface area contributed by atoms with Crippen LogP contribution in [0.5, 0.6) is 0 Å². The molecule has 4 atom stereocenters. The van der Waals surface area contributed by atoms with Gasteiger partial charge in [0.05, 0.1) is 36.3 Å². The molecule has 0 bridgehead atoms. The second-order valence-corrected chi connectivity index (χ2v) is 11.2. The molecular weight excluding hydrogens is 496 g/mol. The van der Waals surface area contributed by atoms with Crippen molar-refractivity contribution in [2.24, 2.45) is 17.6 Å². The number of halogens is 2. The Morgan fingerprint density at radius 1 is 1.08 bits per heavy atom. The molecule has 5 N–H and O–H groups in total. The zero-order chi connectivity index (χ0) is 26.4. The summed E-state index contributed by atoms with van der Waals surface area (Å²) in [6.07, 6.45) is 4.08. The zero-order valence-electron chi connectivity index (χ0n) is 21.5. The van der Waals surface area contributed by atoms with Crippen molar-refractivity contribution in [3.8, 4) is 0 Å². The van der Waals surface area contributed by atoms with Gasteiger partial charge in [-0.3, -0.25) is 24.8 Å². The monoisotopic (exact) mass is 533 g/mol. The molecule has 0 aromatic carbocycles. The Hall–Kier alpha value is -2.45. The van der Waals surface area contributed by atoms with Crippen molar-refractivity contribution in [2.75, 3.05) is 62.6 Å². The van der Waals surface area contributed by atoms with Crippen LogP contribution in [0.15, 0.2) is 12.4 Å². The van der Waals surface area contributed by atoms with Crippen LogP contribution >= 0.6 is 0 Å². The number of piperidine rings is 1. The number of nitrogens with zero attached hydrogens (tertiary/aromatic N) is 5. The summed E-state index contributed by atoms with van der Waals surface area (Å²) in [5.74, 6) is -1.50. The molecule has 0 radical (unpaired) electrons. The van der Waals surface area contributed by atoms with Gasteiger partial charge in [0, 0.05) is 51.2 Å². The number of nitrogens with two attached hydrogens (primary N) is 1. The fourth-order valence-electron chi connectivity index (χ4n) is 6.62. The van der Waals surface area contributed by atoms with Crippen molar-refractivity contribution in [2.45, 2.75) is 50.2 Å². The molecule has 5 saturated heterocycles. The normalized spacial score (nSPS) is 31.3. The Kier molecular flexibility index (Phi) is 7.20. The number of hydrazine groups is 1. The number of fused-ring (bicyclic) bond motifs is 1. The third-order valence-electron chi connectivity index (χ3n) is 8.75. The number of carbonyl (C=O) groups excluding carboxylic acids is 2. The van der Waals surface area contributed by atoms with Crippen molar-refractivity contribution in [3.63, 3.8) is 0 Å². The molecule has 1 aromatic heterocycles. The molecule has 0 aliphatic carbocycles. The lowest BCUT2D eigenvalue weighted by Crippen LogP contribution is -2.62. The first-order valence-electron chi connectivity index (χ1n) is 13.8. The first-order chi connectivity index (χ1) is 18.4. The van der Waals surface area contributed by atoms with Gasteiger partial charge in [0.1, 0.15) is 11.9 Å². The number of anilines is 2. The topological polar surface area (TPSA) is 122 Å². The van der Waals surface area contributed by atoms with E-state index in [2.05, 4.69) is 25.9 Å². The van der Waals surface area contributed by atoms with Crippen LogP contribution in [-0.4, -0.2) is 109 Å². The summed E-state index contributed by atoms with van der Waals surface area (Å²) in [7, 11) is 0. The summed E-state index contributed by atoms with van der Waals surface area (Å²) in [5, 5.41) is 7.46. The highest BCUT2D eigenvalue weighted by atomic mass is 19.1. The lowest BCUT2D eigenvalue weighted by Gasteiger charge is -2.46. The summed E-state index contributed by atoms with van der Waals surface area (Å²) in [6.45, 7) is 5.17.